The third-order valence-corrected chi connectivity index (χ3v) is 7.92. The highest BCUT2D eigenvalue weighted by molar-refractivity contribution is 7.98. The van der Waals surface area contributed by atoms with Gasteiger partial charge in [0.25, 0.3) is 6.33 Å². The molecule has 9 nitrogen and oxygen atoms in total. The Balaban J connectivity index is 1.76. The highest BCUT2D eigenvalue weighted by Gasteiger charge is 2.59. The topological polar surface area (TPSA) is 115 Å². The van der Waals surface area contributed by atoms with Gasteiger partial charge in [0, 0.05) is 11.5 Å². The second kappa shape index (κ2) is 7.95. The van der Waals surface area contributed by atoms with Gasteiger partial charge in [-0.15, -0.1) is 0 Å². The molecule has 0 unspecified atom stereocenters. The Morgan fingerprint density at radius 3 is 2.74 bits per heavy atom. The standard InChI is InChI=1S/C20H23N3O6S2/c1-5-29-12(25)7-22-8-21-6-11(31-19(21)18(22)30-4)13-9(2)15-14(10(3)24)17(26)23(15)16(13)20(27)28/h6,8-10,14-15,24H,5,7H2,1-4H3/t9-,10+,14+,15+/m0/s1. The van der Waals surface area contributed by atoms with Crippen LogP contribution in [0, 0.1) is 11.8 Å². The zero-order valence-corrected chi connectivity index (χ0v) is 19.2. The van der Waals surface area contributed by atoms with Gasteiger partial charge in [0.05, 0.1) is 41.2 Å². The van der Waals surface area contributed by atoms with Crippen molar-refractivity contribution in [1.29, 1.82) is 0 Å². The van der Waals surface area contributed by atoms with Gasteiger partial charge in [0.2, 0.25) is 15.8 Å². The Bertz CT molecular complexity index is 1120. The first-order chi connectivity index (χ1) is 14.7. The molecule has 1 N–H and O–H groups in total. The van der Waals surface area contributed by atoms with Gasteiger partial charge in [0.1, 0.15) is 6.20 Å². The largest absolute Gasteiger partial charge is 0.543 e. The number of β-lactam (4-membered cyclic amide) rings is 1. The molecular formula is C20H23N3O6S2. The second-order valence-corrected chi connectivity index (χ2v) is 9.49. The van der Waals surface area contributed by atoms with Crippen molar-refractivity contribution in [2.75, 3.05) is 12.9 Å². The van der Waals surface area contributed by atoms with E-state index < -0.39 is 24.0 Å². The monoisotopic (exact) mass is 465 g/mol. The summed E-state index contributed by atoms with van der Waals surface area (Å²) in [7, 11) is 0. The molecule has 11 heteroatoms. The molecule has 2 aliphatic rings. The van der Waals surface area contributed by atoms with Crippen molar-refractivity contribution in [2.45, 2.75) is 44.5 Å². The summed E-state index contributed by atoms with van der Waals surface area (Å²) in [5.74, 6) is -3.01. The van der Waals surface area contributed by atoms with E-state index in [0.29, 0.717) is 17.1 Å². The van der Waals surface area contributed by atoms with Gasteiger partial charge >= 0.3 is 5.97 Å². The number of rotatable bonds is 7. The fourth-order valence-corrected chi connectivity index (χ4v) is 6.78. The molecule has 0 aromatic carbocycles. The first kappa shape index (κ1) is 21.8. The van der Waals surface area contributed by atoms with Gasteiger partial charge in [0.15, 0.2) is 6.54 Å². The van der Waals surface area contributed by atoms with Crippen LogP contribution in [0.5, 0.6) is 0 Å². The molecule has 0 spiro atoms. The lowest BCUT2D eigenvalue weighted by Gasteiger charge is -2.47. The Labute approximate surface area is 186 Å². The molecule has 0 aliphatic carbocycles. The number of aromatic nitrogens is 2. The fraction of sp³-hybridized carbons (Fsp3) is 0.500. The molecule has 4 atom stereocenters. The zero-order valence-electron chi connectivity index (χ0n) is 17.5. The number of carboxylic acid groups (broad SMARTS) is 1. The number of aliphatic hydroxyl groups is 1. The summed E-state index contributed by atoms with van der Waals surface area (Å²) in [5, 5.41) is 22.8. The average molecular weight is 466 g/mol. The predicted molar refractivity (Wildman–Crippen MR) is 111 cm³/mol. The van der Waals surface area contributed by atoms with E-state index in [2.05, 4.69) is 0 Å². The molecule has 1 saturated heterocycles. The van der Waals surface area contributed by atoms with Crippen molar-refractivity contribution in [3.8, 4) is 0 Å². The number of aliphatic carboxylic acids is 1. The van der Waals surface area contributed by atoms with Gasteiger partial charge in [-0.1, -0.05) is 30.0 Å². The third-order valence-electron chi connectivity index (χ3n) is 5.83. The quantitative estimate of drug-likeness (QED) is 0.263. The minimum Gasteiger partial charge on any atom is -0.543 e. The molecule has 2 aromatic heterocycles. The van der Waals surface area contributed by atoms with Gasteiger partial charge in [-0.05, 0) is 20.1 Å². The maximum atomic E-state index is 12.5. The first-order valence-corrected chi connectivity index (χ1v) is 12.0. The van der Waals surface area contributed by atoms with Crippen LogP contribution in [0.25, 0.3) is 10.4 Å². The van der Waals surface area contributed by atoms with E-state index in [1.54, 1.807) is 24.7 Å². The normalized spacial score (nSPS) is 23.8. The van der Waals surface area contributed by atoms with Gasteiger partial charge < -0.3 is 24.6 Å². The number of aliphatic hydroxyl groups excluding tert-OH is 1. The van der Waals surface area contributed by atoms with Crippen LogP contribution in [-0.4, -0.2) is 57.3 Å². The Hall–Kier alpha value is -2.37. The van der Waals surface area contributed by atoms with E-state index in [4.69, 9.17) is 4.74 Å². The van der Waals surface area contributed by atoms with Crippen molar-refractivity contribution in [2.24, 2.45) is 11.8 Å². The number of fused-ring (bicyclic) bond motifs is 2. The minimum absolute atomic E-state index is 0.0809. The van der Waals surface area contributed by atoms with Crippen LogP contribution >= 0.6 is 23.1 Å². The third kappa shape index (κ3) is 3.26. The van der Waals surface area contributed by atoms with Crippen molar-refractivity contribution in [1.82, 2.24) is 9.30 Å². The van der Waals surface area contributed by atoms with E-state index in [0.717, 1.165) is 9.86 Å². The van der Waals surface area contributed by atoms with Crippen LogP contribution in [-0.2, 0) is 25.7 Å². The van der Waals surface area contributed by atoms with Crippen LogP contribution < -0.4 is 9.67 Å². The number of carbonyl (C=O) groups excluding carboxylic acids is 3. The molecular weight excluding hydrogens is 442 g/mol. The van der Waals surface area contributed by atoms with Crippen LogP contribution in [0.3, 0.4) is 0 Å². The Morgan fingerprint density at radius 2 is 2.16 bits per heavy atom. The number of amides is 1. The van der Waals surface area contributed by atoms with Gasteiger partial charge in [-0.3, -0.25) is 4.79 Å². The van der Waals surface area contributed by atoms with Gasteiger partial charge in [-0.25, -0.2) is 9.36 Å². The molecule has 2 aromatic rings. The molecule has 1 fully saturated rings. The number of esters is 1. The number of carbonyl (C=O) groups is 3. The van der Waals surface area contributed by atoms with Crippen LogP contribution in [0.15, 0.2) is 23.2 Å². The number of thiazole rings is 1. The Morgan fingerprint density at radius 1 is 1.45 bits per heavy atom. The van der Waals surface area contributed by atoms with Crippen LogP contribution in [0.1, 0.15) is 25.6 Å². The number of nitrogens with zero attached hydrogens (tertiary/aromatic N) is 3. The SMILES string of the molecule is CCOC(=O)C[n+]1cn2cc(C3=C(C(=O)[O-])N4C(=O)[C@H]([C@@H](C)O)[C@H]4[C@H]3C)sc2c1SC. The maximum absolute atomic E-state index is 12.5. The smallest absolute Gasteiger partial charge is 0.348 e. The molecule has 0 radical (unpaired) electrons. The predicted octanol–water partition coefficient (Wildman–Crippen LogP) is -0.108. The van der Waals surface area contributed by atoms with E-state index in [1.807, 2.05) is 23.8 Å². The molecule has 166 valence electrons. The summed E-state index contributed by atoms with van der Waals surface area (Å²) in [4.78, 5) is 39.3. The number of imidazole rings is 1. The summed E-state index contributed by atoms with van der Waals surface area (Å²) in [6, 6.07) is -0.398. The van der Waals surface area contributed by atoms with E-state index >= 15 is 0 Å². The fourth-order valence-electron chi connectivity index (χ4n) is 4.60. The van der Waals surface area contributed by atoms with Gasteiger partial charge in [-0.2, -0.15) is 4.40 Å². The Kier molecular flexibility index (Phi) is 5.61. The first-order valence-electron chi connectivity index (χ1n) is 9.91. The average Bonchev–Trinajstić information content (AvgIpc) is 3.28. The highest BCUT2D eigenvalue weighted by Crippen LogP contribution is 2.51. The summed E-state index contributed by atoms with van der Waals surface area (Å²) in [6.07, 6.45) is 4.63. The highest BCUT2D eigenvalue weighted by atomic mass is 32.2. The van der Waals surface area contributed by atoms with Crippen LogP contribution in [0.2, 0.25) is 0 Å². The minimum atomic E-state index is -1.40. The van der Waals surface area contributed by atoms with Crippen molar-refractivity contribution in [3.05, 3.63) is 23.1 Å². The summed E-state index contributed by atoms with van der Waals surface area (Å²) in [5.41, 5.74) is 0.424. The van der Waals surface area contributed by atoms with Crippen LogP contribution in [0.4, 0.5) is 0 Å². The molecule has 0 bridgehead atoms. The van der Waals surface area contributed by atoms with E-state index in [1.165, 1.54) is 28.0 Å². The maximum Gasteiger partial charge on any atom is 0.348 e. The van der Waals surface area contributed by atoms with Crippen molar-refractivity contribution < 1.29 is 33.9 Å². The van der Waals surface area contributed by atoms with Crippen molar-refractivity contribution in [3.63, 3.8) is 0 Å². The van der Waals surface area contributed by atoms with E-state index in [-0.39, 0.29) is 30.0 Å². The summed E-state index contributed by atoms with van der Waals surface area (Å²) in [6.45, 7) is 5.56. The molecule has 4 heterocycles. The summed E-state index contributed by atoms with van der Waals surface area (Å²) < 4.78 is 8.68. The second-order valence-electron chi connectivity index (χ2n) is 7.67. The lowest BCUT2D eigenvalue weighted by atomic mass is 9.77. The lowest BCUT2D eigenvalue weighted by Crippen LogP contribution is -2.64. The van der Waals surface area contributed by atoms with Crippen molar-refractivity contribution >= 4 is 51.3 Å². The number of ether oxygens (including phenoxy) is 1. The molecule has 2 aliphatic heterocycles. The van der Waals surface area contributed by atoms with E-state index in [9.17, 15) is 24.6 Å². The molecule has 1 amide bonds. The zero-order chi connectivity index (χ0) is 22.6. The number of hydrogen-bond donors (Lipinski definition) is 1. The number of carboxylic acids is 1. The lowest BCUT2D eigenvalue weighted by molar-refractivity contribution is -0.719. The number of hydrogen-bond acceptors (Lipinski definition) is 8. The number of thioether (sulfide) groups is 1. The molecule has 31 heavy (non-hydrogen) atoms. The molecule has 0 saturated carbocycles. The summed E-state index contributed by atoms with van der Waals surface area (Å²) >= 11 is 2.87. The molecule has 4 rings (SSSR count).